The number of nitrogens with zero attached hydrogens (tertiary/aromatic N) is 4. The summed E-state index contributed by atoms with van der Waals surface area (Å²) in [4.78, 5) is 12.6. The standard InChI is InChI=1S/C22H30Si.C21H27N.C20H24S.C20H24Se.C18H20N2.C9H15N.C8H12O.C8H12S.C8H12Se/c1-11-13(3)17(7)21-19(15(11)5)20-16(6)12(2)14(4)18(8)22(20)23(21,9)10;1-10-12(3)16(7)20-18(14(10)5)19-15(6)11(2)13(4)17(8)21(19)22(20)9;2*1-9-11(3)15(7)19-17(13(9)5)18-14(6)10(2)12(4)16(8)20(18)21-19;1-9-11(3)15-7-8-16-12(4)10(2)14(6)20-18(16)17(15)19-13(9)5;1-6-7(2)9(4)10(5)8(6)3;3*1-5-6(2)8(4)9-7(5)3/h1-10H3;1-9H3;2*1-8H3;7-8H,1-6H3;1-5H3;3*1-4H3. The van der Waals surface area contributed by atoms with Crippen molar-refractivity contribution in [2.24, 2.45) is 14.1 Å². The van der Waals surface area contributed by atoms with Gasteiger partial charge in [-0.05, 0) is 501 Å². The van der Waals surface area contributed by atoms with Gasteiger partial charge >= 0.3 is 196 Å². The van der Waals surface area contributed by atoms with Crippen molar-refractivity contribution in [3.8, 4) is 11.1 Å². The van der Waals surface area contributed by atoms with Gasteiger partial charge in [0, 0.05) is 88.3 Å². The summed E-state index contributed by atoms with van der Waals surface area (Å²) < 4.78 is 19.5. The normalized spacial score (nSPS) is 11.9. The zero-order valence-corrected chi connectivity index (χ0v) is 107. The summed E-state index contributed by atoms with van der Waals surface area (Å²) in [5.74, 6) is 2.09. The van der Waals surface area contributed by atoms with E-state index in [9.17, 15) is 0 Å². The second-order valence-corrected chi connectivity index (χ2v) is 56.1. The fourth-order valence-electron chi connectivity index (χ4n) is 23.0. The molecule has 10 heteroatoms. The van der Waals surface area contributed by atoms with Crippen molar-refractivity contribution in [1.29, 1.82) is 0 Å². The van der Waals surface area contributed by atoms with Crippen molar-refractivity contribution in [2.75, 3.05) is 0 Å². The summed E-state index contributed by atoms with van der Waals surface area (Å²) in [5, 5.41) is 14.9. The van der Waals surface area contributed by atoms with Crippen molar-refractivity contribution < 1.29 is 4.42 Å². The molecule has 9 aromatic carbocycles. The third kappa shape index (κ3) is 19.5. The van der Waals surface area contributed by atoms with Crippen LogP contribution in [0, 0.1) is 374 Å². The first kappa shape index (κ1) is 115. The van der Waals surface area contributed by atoms with Gasteiger partial charge < -0.3 is 13.6 Å². The van der Waals surface area contributed by atoms with E-state index >= 15 is 0 Å². The van der Waals surface area contributed by atoms with Crippen molar-refractivity contribution in [2.45, 2.75) is 387 Å². The molecule has 0 saturated carbocycles. The van der Waals surface area contributed by atoms with Crippen molar-refractivity contribution >= 4 is 153 Å². The number of thiophene rings is 2. The number of furan rings is 1. The van der Waals surface area contributed by atoms with Gasteiger partial charge in [-0.2, -0.15) is 0 Å². The molecule has 0 spiro atoms. The predicted octanol–water partition coefficient (Wildman–Crippen LogP) is 37.2. The molecular weight excluding hydrogens is 1930 g/mol. The number of rotatable bonds is 0. The van der Waals surface area contributed by atoms with E-state index in [1.165, 1.54) is 308 Å². The fourth-order valence-corrected chi connectivity index (χ4v) is 35.4. The average Bonchev–Trinajstić information content (AvgIpc) is 1.53. The van der Waals surface area contributed by atoms with E-state index in [4.69, 9.17) is 14.4 Å². The van der Waals surface area contributed by atoms with Crippen molar-refractivity contribution in [3.05, 3.63) is 310 Å². The molecule has 0 amide bonds. The molecule has 0 radical (unpaired) electrons. The summed E-state index contributed by atoms with van der Waals surface area (Å²) >= 11 is 5.04. The van der Waals surface area contributed by atoms with Crippen LogP contribution in [0.4, 0.5) is 0 Å². The monoisotopic (exact) mass is 2110 g/mol. The average molecular weight is 2110 g/mol. The molecule has 5 nitrogen and oxygen atoms in total. The van der Waals surface area contributed by atoms with Crippen LogP contribution in [0.1, 0.15) is 298 Å². The minimum Gasteiger partial charge on any atom is -0.466 e. The molecular formula is C134H176N4OS2Se2Si. The van der Waals surface area contributed by atoms with Crippen molar-refractivity contribution in [1.82, 2.24) is 19.1 Å². The number of hydrogen-bond acceptors (Lipinski definition) is 5. The van der Waals surface area contributed by atoms with Gasteiger partial charge in [-0.3, -0.25) is 9.97 Å². The van der Waals surface area contributed by atoms with Crippen LogP contribution in [0.15, 0.2) is 16.5 Å². The van der Waals surface area contributed by atoms with E-state index in [1.54, 1.807) is 60.8 Å². The maximum absolute atomic E-state index is 5.34. The molecule has 0 aliphatic carbocycles. The van der Waals surface area contributed by atoms with E-state index < -0.39 is 8.07 Å². The summed E-state index contributed by atoms with van der Waals surface area (Å²) in [6, 6.07) is 4.38. The number of hydrogen-bond donors (Lipinski definition) is 0. The molecule has 0 bridgehead atoms. The van der Waals surface area contributed by atoms with Crippen LogP contribution in [0.3, 0.4) is 0 Å². The van der Waals surface area contributed by atoms with Gasteiger partial charge in [-0.1, -0.05) is 25.2 Å². The van der Waals surface area contributed by atoms with E-state index in [2.05, 4.69) is 408 Å². The number of fused-ring (bicyclic) bond motifs is 15. The predicted molar refractivity (Wildman–Crippen MR) is 651 cm³/mol. The molecule has 0 fully saturated rings. The Morgan fingerprint density at radius 2 is 0.493 bits per heavy atom. The van der Waals surface area contributed by atoms with Crippen LogP contribution in [-0.4, -0.2) is 56.2 Å². The second-order valence-electron chi connectivity index (χ2n) is 44.3. The van der Waals surface area contributed by atoms with Gasteiger partial charge in [-0.15, -0.1) is 22.7 Å². The van der Waals surface area contributed by atoms with Crippen LogP contribution in [0.25, 0.3) is 94.2 Å². The Bertz CT molecular complexity index is 7550. The summed E-state index contributed by atoms with van der Waals surface area (Å²) in [5.41, 5.74) is 76.8. The van der Waals surface area contributed by atoms with Crippen LogP contribution in [-0.2, 0) is 14.1 Å². The summed E-state index contributed by atoms with van der Waals surface area (Å²) in [6.45, 7) is 126. The van der Waals surface area contributed by atoms with E-state index in [0.29, 0.717) is 29.0 Å². The van der Waals surface area contributed by atoms with E-state index in [0.717, 1.165) is 33.9 Å². The zero-order valence-electron chi connectivity index (χ0n) is 100. The first-order valence-electron chi connectivity index (χ1n) is 52.4. The fraction of sp³-hybridized carbons (Fsp3) is 0.433. The van der Waals surface area contributed by atoms with Gasteiger partial charge in [0.1, 0.15) is 19.6 Å². The van der Waals surface area contributed by atoms with Gasteiger partial charge in [0.15, 0.2) is 0 Å². The first-order chi connectivity index (χ1) is 66.6. The SMILES string of the molecule is Cc1[se]c(C)c(C)c1C.Cc1c(C)c(C)c2c([se]c3c(C)c(C)c(C)c(C)c32)c1C.Cc1c(C)c(C)c2c(c1C)-c1c(C)c(C)c(C)c(C)c1[Si]2(C)C.Cc1c(C)c(C)c2c(c1C)c1c(C)c(C)c(C)c(C)c1n2C.Cc1c(C)c(C)c2c(sc3c(C)c(C)c(C)c(C)c32)c1C.Cc1c(C)c(C)n(C)c1C.Cc1nc2c(ccc3c(C)c(C)c(C)nc32)c(C)c1C.Cc1oc(C)c(C)c1C.Cc1sc(C)c(C)c1C. The van der Waals surface area contributed by atoms with E-state index in [1.807, 2.05) is 36.5 Å². The minimum absolute atomic E-state index is 0.464. The Labute approximate surface area is 891 Å². The number of pyridine rings is 2. The topological polar surface area (TPSA) is 48.8 Å². The maximum atomic E-state index is 5.34. The quantitative estimate of drug-likeness (QED) is 0.112. The summed E-state index contributed by atoms with van der Waals surface area (Å²) in [6.07, 6.45) is 0. The molecule has 766 valence electrons. The molecule has 0 atom stereocenters. The molecule has 18 aromatic rings. The molecule has 0 unspecified atom stereocenters. The summed E-state index contributed by atoms with van der Waals surface area (Å²) in [7, 11) is 2.70. The second kappa shape index (κ2) is 43.2. The van der Waals surface area contributed by atoms with Gasteiger partial charge in [0.25, 0.3) is 0 Å². The van der Waals surface area contributed by atoms with Crippen LogP contribution in [0.2, 0.25) is 13.1 Å². The number of aromatic nitrogens is 4. The Kier molecular flexibility index (Phi) is 34.5. The Hall–Kier alpha value is -9.18. The molecule has 19 rings (SSSR count). The third-order valence-corrected chi connectivity index (χ3v) is 49.7. The molecule has 0 saturated heterocycles. The zero-order chi connectivity index (χ0) is 109. The largest absolute Gasteiger partial charge is 0.466 e. The molecule has 10 heterocycles. The van der Waals surface area contributed by atoms with Gasteiger partial charge in [0.2, 0.25) is 0 Å². The Balaban J connectivity index is 0.000000158. The number of aryl methyl sites for hydroxylation is 23. The first-order valence-corrected chi connectivity index (χ1v) is 60.4. The number of benzene rings is 9. The van der Waals surface area contributed by atoms with Crippen molar-refractivity contribution in [3.63, 3.8) is 0 Å². The molecule has 1 aliphatic rings. The smallest absolute Gasteiger partial charge is 0.114 e. The van der Waals surface area contributed by atoms with Gasteiger partial charge in [0.05, 0.1) is 22.1 Å². The minimum atomic E-state index is -1.64. The van der Waals surface area contributed by atoms with Crippen LogP contribution >= 0.6 is 22.7 Å². The maximum Gasteiger partial charge on any atom is 0.114 e. The van der Waals surface area contributed by atoms with Gasteiger partial charge in [-0.25, -0.2) is 0 Å². The third-order valence-electron chi connectivity index (χ3n) is 37.7. The Morgan fingerprint density at radius 3 is 0.750 bits per heavy atom. The van der Waals surface area contributed by atoms with Crippen LogP contribution < -0.4 is 10.4 Å². The van der Waals surface area contributed by atoms with E-state index in [-0.39, 0.29) is 0 Å². The molecule has 1 aliphatic heterocycles. The molecule has 0 N–H and O–H groups in total. The molecule has 9 aromatic heterocycles. The van der Waals surface area contributed by atoms with Crippen LogP contribution in [0.5, 0.6) is 0 Å². The molecule has 144 heavy (non-hydrogen) atoms. The Morgan fingerprint density at radius 1 is 0.229 bits per heavy atom.